The largest absolute Gasteiger partial charge is 0.480 e. The van der Waals surface area contributed by atoms with Crippen molar-refractivity contribution in [2.24, 2.45) is 0 Å². The highest BCUT2D eigenvalue weighted by molar-refractivity contribution is 7.99. The van der Waals surface area contributed by atoms with Gasteiger partial charge in [-0.05, 0) is 49.8 Å². The molecule has 1 aromatic carbocycles. The molecule has 8 heteroatoms. The summed E-state index contributed by atoms with van der Waals surface area (Å²) in [7, 11) is 0. The Balaban J connectivity index is 2.34. The maximum absolute atomic E-state index is 12.5. The molecule has 0 unspecified atom stereocenters. The zero-order chi connectivity index (χ0) is 17.2. The van der Waals surface area contributed by atoms with Gasteiger partial charge in [-0.2, -0.15) is 11.8 Å². The van der Waals surface area contributed by atoms with E-state index in [1.807, 2.05) is 0 Å². The summed E-state index contributed by atoms with van der Waals surface area (Å²) in [6, 6.07) is 2.78. The van der Waals surface area contributed by atoms with Crippen LogP contribution < -0.4 is 5.32 Å². The molecule has 0 radical (unpaired) electrons. The number of benzene rings is 1. The van der Waals surface area contributed by atoms with Crippen LogP contribution in [0, 0.1) is 24.0 Å². The zero-order valence-electron chi connectivity index (χ0n) is 12.9. The number of thioether (sulfide) groups is 1. The molecule has 0 atom stereocenters. The number of aryl methyl sites for hydroxylation is 2. The molecule has 1 saturated heterocycles. The summed E-state index contributed by atoms with van der Waals surface area (Å²) in [5, 5.41) is 23.2. The maximum atomic E-state index is 12.5. The number of nitro groups is 1. The average Bonchev–Trinajstić information content (AvgIpc) is 2.47. The van der Waals surface area contributed by atoms with Crippen LogP contribution in [0.4, 0.5) is 5.69 Å². The van der Waals surface area contributed by atoms with Crippen molar-refractivity contribution in [1.82, 2.24) is 5.32 Å². The molecule has 0 aromatic heterocycles. The molecule has 124 valence electrons. The first-order chi connectivity index (χ1) is 10.8. The number of hydrogen-bond donors (Lipinski definition) is 2. The number of carboxylic acid groups (broad SMARTS) is 1. The second-order valence-corrected chi connectivity index (χ2v) is 6.89. The standard InChI is InChI=1S/C15H18N2O5S/c1-9-7-10(2)12(17(21)22)8-11(9)13(18)16-15(14(19)20)3-5-23-6-4-15/h7-8H,3-6H2,1-2H3,(H,16,18)(H,19,20). The number of aliphatic carboxylic acids is 1. The fourth-order valence-corrected chi connectivity index (χ4v) is 3.87. The lowest BCUT2D eigenvalue weighted by atomic mass is 9.91. The van der Waals surface area contributed by atoms with Crippen molar-refractivity contribution in [3.63, 3.8) is 0 Å². The Morgan fingerprint density at radius 2 is 1.87 bits per heavy atom. The first kappa shape index (κ1) is 17.3. The molecule has 2 rings (SSSR count). The second-order valence-electron chi connectivity index (χ2n) is 5.66. The highest BCUT2D eigenvalue weighted by atomic mass is 32.2. The molecule has 1 aliphatic heterocycles. The van der Waals surface area contributed by atoms with Crippen molar-refractivity contribution in [3.8, 4) is 0 Å². The van der Waals surface area contributed by atoms with Crippen LogP contribution in [0.1, 0.15) is 34.3 Å². The van der Waals surface area contributed by atoms with E-state index >= 15 is 0 Å². The number of nitrogens with zero attached hydrogens (tertiary/aromatic N) is 1. The van der Waals surface area contributed by atoms with Crippen molar-refractivity contribution in [2.45, 2.75) is 32.2 Å². The van der Waals surface area contributed by atoms with Crippen LogP contribution in [-0.4, -0.2) is 39.0 Å². The van der Waals surface area contributed by atoms with E-state index in [0.29, 0.717) is 35.5 Å². The SMILES string of the molecule is Cc1cc(C)c([N+](=O)[O-])cc1C(=O)NC1(C(=O)O)CCSCC1. The van der Waals surface area contributed by atoms with E-state index < -0.39 is 22.3 Å². The Labute approximate surface area is 137 Å². The molecule has 0 spiro atoms. The summed E-state index contributed by atoms with van der Waals surface area (Å²) in [5.41, 5.74) is -0.262. The summed E-state index contributed by atoms with van der Waals surface area (Å²) in [5.74, 6) is -0.343. The summed E-state index contributed by atoms with van der Waals surface area (Å²) in [4.78, 5) is 34.7. The Bertz CT molecular complexity index is 668. The number of nitro benzene ring substituents is 1. The minimum atomic E-state index is -1.30. The fourth-order valence-electron chi connectivity index (χ4n) is 2.68. The fraction of sp³-hybridized carbons (Fsp3) is 0.467. The van der Waals surface area contributed by atoms with Gasteiger partial charge in [0.1, 0.15) is 5.54 Å². The highest BCUT2D eigenvalue weighted by Gasteiger charge is 2.41. The Morgan fingerprint density at radius 3 is 2.39 bits per heavy atom. The Morgan fingerprint density at radius 1 is 1.26 bits per heavy atom. The summed E-state index contributed by atoms with van der Waals surface area (Å²) in [6.07, 6.45) is 0.678. The lowest BCUT2D eigenvalue weighted by Crippen LogP contribution is -2.56. The second kappa shape index (κ2) is 6.57. The molecule has 1 fully saturated rings. The number of rotatable bonds is 4. The number of carboxylic acids is 1. The van der Waals surface area contributed by atoms with E-state index in [1.165, 1.54) is 6.07 Å². The third kappa shape index (κ3) is 3.47. The van der Waals surface area contributed by atoms with E-state index in [4.69, 9.17) is 0 Å². The lowest BCUT2D eigenvalue weighted by molar-refractivity contribution is -0.385. The molecular formula is C15H18N2O5S. The zero-order valence-corrected chi connectivity index (χ0v) is 13.7. The summed E-state index contributed by atoms with van der Waals surface area (Å²) >= 11 is 1.65. The van der Waals surface area contributed by atoms with E-state index in [2.05, 4.69) is 5.32 Å². The van der Waals surface area contributed by atoms with Crippen molar-refractivity contribution < 1.29 is 19.6 Å². The Hall–Kier alpha value is -2.09. The molecule has 1 aromatic rings. The maximum Gasteiger partial charge on any atom is 0.329 e. The van der Waals surface area contributed by atoms with Crippen LogP contribution in [0.15, 0.2) is 12.1 Å². The van der Waals surface area contributed by atoms with Gasteiger partial charge in [-0.25, -0.2) is 4.79 Å². The number of carbonyl (C=O) groups is 2. The lowest BCUT2D eigenvalue weighted by Gasteiger charge is -2.33. The van der Waals surface area contributed by atoms with Crippen LogP contribution in [0.25, 0.3) is 0 Å². The van der Waals surface area contributed by atoms with Crippen molar-refractivity contribution in [1.29, 1.82) is 0 Å². The van der Waals surface area contributed by atoms with Gasteiger partial charge in [0, 0.05) is 17.2 Å². The van der Waals surface area contributed by atoms with Gasteiger partial charge in [0.15, 0.2) is 0 Å². The smallest absolute Gasteiger partial charge is 0.329 e. The summed E-state index contributed by atoms with van der Waals surface area (Å²) < 4.78 is 0. The molecule has 2 N–H and O–H groups in total. The van der Waals surface area contributed by atoms with Gasteiger partial charge in [-0.1, -0.05) is 0 Å². The van der Waals surface area contributed by atoms with Gasteiger partial charge in [0.25, 0.3) is 11.6 Å². The van der Waals surface area contributed by atoms with Gasteiger partial charge in [-0.15, -0.1) is 0 Å². The monoisotopic (exact) mass is 338 g/mol. The van der Waals surface area contributed by atoms with E-state index in [1.54, 1.807) is 31.7 Å². The average molecular weight is 338 g/mol. The van der Waals surface area contributed by atoms with Crippen molar-refractivity contribution in [2.75, 3.05) is 11.5 Å². The normalized spacial score (nSPS) is 16.6. The van der Waals surface area contributed by atoms with Crippen LogP contribution in [0.2, 0.25) is 0 Å². The highest BCUT2D eigenvalue weighted by Crippen LogP contribution is 2.29. The third-order valence-electron chi connectivity index (χ3n) is 4.09. The van der Waals surface area contributed by atoms with Crippen LogP contribution in [0.3, 0.4) is 0 Å². The van der Waals surface area contributed by atoms with Crippen LogP contribution in [0.5, 0.6) is 0 Å². The van der Waals surface area contributed by atoms with E-state index in [-0.39, 0.29) is 11.3 Å². The topological polar surface area (TPSA) is 110 Å². The molecule has 23 heavy (non-hydrogen) atoms. The molecule has 1 heterocycles. The quantitative estimate of drug-likeness (QED) is 0.644. The number of amides is 1. The van der Waals surface area contributed by atoms with Gasteiger partial charge in [-0.3, -0.25) is 14.9 Å². The molecule has 1 amide bonds. The molecule has 0 saturated carbocycles. The van der Waals surface area contributed by atoms with Crippen LogP contribution in [-0.2, 0) is 4.79 Å². The van der Waals surface area contributed by atoms with Crippen molar-refractivity contribution in [3.05, 3.63) is 38.9 Å². The minimum Gasteiger partial charge on any atom is -0.480 e. The van der Waals surface area contributed by atoms with Gasteiger partial charge < -0.3 is 10.4 Å². The van der Waals surface area contributed by atoms with E-state index in [0.717, 1.165) is 0 Å². The number of carbonyl (C=O) groups excluding carboxylic acids is 1. The predicted molar refractivity (Wildman–Crippen MR) is 87.0 cm³/mol. The van der Waals surface area contributed by atoms with Gasteiger partial charge in [0.2, 0.25) is 0 Å². The molecule has 0 bridgehead atoms. The summed E-state index contributed by atoms with van der Waals surface area (Å²) in [6.45, 7) is 3.28. The van der Waals surface area contributed by atoms with Gasteiger partial charge >= 0.3 is 5.97 Å². The molecule has 0 aliphatic carbocycles. The first-order valence-electron chi connectivity index (χ1n) is 7.16. The minimum absolute atomic E-state index is 0.140. The molecule has 7 nitrogen and oxygen atoms in total. The van der Waals surface area contributed by atoms with E-state index in [9.17, 15) is 24.8 Å². The molecular weight excluding hydrogens is 320 g/mol. The predicted octanol–water partition coefficient (Wildman–Crippen LogP) is 2.29. The van der Waals surface area contributed by atoms with Crippen LogP contribution >= 0.6 is 11.8 Å². The van der Waals surface area contributed by atoms with Gasteiger partial charge in [0.05, 0.1) is 4.92 Å². The Kier molecular flexibility index (Phi) is 4.93. The van der Waals surface area contributed by atoms with Crippen molar-refractivity contribution >= 4 is 29.3 Å². The first-order valence-corrected chi connectivity index (χ1v) is 8.31. The third-order valence-corrected chi connectivity index (χ3v) is 5.08. The number of hydrogen-bond acceptors (Lipinski definition) is 5. The molecule has 1 aliphatic rings. The number of nitrogens with one attached hydrogen (secondary N) is 1.